The number of nitrogen functional groups attached to an aromatic ring is 1. The summed E-state index contributed by atoms with van der Waals surface area (Å²) in [6, 6.07) is 15.5. The van der Waals surface area contributed by atoms with Crippen LogP contribution in [0.4, 0.5) is 26.6 Å². The van der Waals surface area contributed by atoms with Crippen molar-refractivity contribution in [2.24, 2.45) is 0 Å². The summed E-state index contributed by atoms with van der Waals surface area (Å²) in [5, 5.41) is 19.7. The molecule has 0 atom stereocenters. The van der Waals surface area contributed by atoms with Gasteiger partial charge in [-0.15, -0.1) is 0 Å². The summed E-state index contributed by atoms with van der Waals surface area (Å²) in [7, 11) is 0. The molecule has 3 aromatic heterocycles. The zero-order valence-corrected chi connectivity index (χ0v) is 22.5. The smallest absolute Gasteiger partial charge is 0.324 e. The minimum Gasteiger partial charge on any atom is -0.368 e. The average Bonchev–Trinajstić information content (AvgIpc) is 3.38. The van der Waals surface area contributed by atoms with Crippen molar-refractivity contribution in [1.82, 2.24) is 24.3 Å². The number of carbonyl (C=O) groups is 1. The number of nitriles is 1. The first-order valence-electron chi connectivity index (χ1n) is 12.8. The molecule has 2 aromatic carbocycles. The van der Waals surface area contributed by atoms with Gasteiger partial charge >= 0.3 is 6.03 Å². The Labute approximate surface area is 234 Å². The lowest BCUT2D eigenvalue weighted by atomic mass is 10.0. The summed E-state index contributed by atoms with van der Waals surface area (Å²) in [6.45, 7) is 6.06. The molecular formula is C29H26FN9O2. The van der Waals surface area contributed by atoms with Gasteiger partial charge in [0.05, 0.1) is 28.7 Å². The monoisotopic (exact) mass is 551 g/mol. The van der Waals surface area contributed by atoms with Gasteiger partial charge in [0, 0.05) is 29.8 Å². The normalized spacial score (nSPS) is 11.0. The fraction of sp³-hybridized carbons (Fsp3) is 0.172. The topological polar surface area (TPSA) is 157 Å². The molecule has 0 spiro atoms. The molecule has 5 aromatic rings. The third kappa shape index (κ3) is 5.33. The number of amides is 2. The maximum atomic E-state index is 14.9. The molecule has 2 amide bonds. The number of hydrogen-bond acceptors (Lipinski definition) is 7. The van der Waals surface area contributed by atoms with Crippen LogP contribution < -0.4 is 21.9 Å². The molecule has 4 N–H and O–H groups in total. The number of nitrogens with one attached hydrogen (secondary N) is 2. The predicted molar refractivity (Wildman–Crippen MR) is 154 cm³/mol. The van der Waals surface area contributed by atoms with Crippen LogP contribution in [0.2, 0.25) is 0 Å². The molecule has 0 aliphatic carbocycles. The number of hydrogen-bond donors (Lipinski definition) is 3. The second-order valence-electron chi connectivity index (χ2n) is 9.57. The Balaban J connectivity index is 1.47. The zero-order chi connectivity index (χ0) is 29.3. The summed E-state index contributed by atoms with van der Waals surface area (Å²) in [5.41, 5.74) is 8.04. The van der Waals surface area contributed by atoms with Gasteiger partial charge in [-0.2, -0.15) is 15.3 Å². The van der Waals surface area contributed by atoms with E-state index in [1.165, 1.54) is 33.6 Å². The summed E-state index contributed by atoms with van der Waals surface area (Å²) in [5.74, 6) is -0.248. The average molecular weight is 552 g/mol. The maximum absolute atomic E-state index is 14.9. The molecule has 3 heterocycles. The lowest BCUT2D eigenvalue weighted by Crippen LogP contribution is -2.23. The van der Waals surface area contributed by atoms with Gasteiger partial charge in [-0.25, -0.2) is 18.9 Å². The van der Waals surface area contributed by atoms with Crippen molar-refractivity contribution in [2.45, 2.75) is 33.2 Å². The van der Waals surface area contributed by atoms with E-state index < -0.39 is 11.8 Å². The SMILES string of the molecule is CCn1c(=O)c(-c2ccc(F)c(NC(=O)Nc3cc(C(C)C)nn3-c3cccc(C#N)c3)c2)cc2cnc(N)nc21. The number of nitrogens with two attached hydrogens (primary N) is 1. The van der Waals surface area contributed by atoms with Crippen LogP contribution in [0.1, 0.15) is 37.9 Å². The van der Waals surface area contributed by atoms with E-state index in [1.807, 2.05) is 13.8 Å². The highest BCUT2D eigenvalue weighted by atomic mass is 19.1. The number of urea groups is 1. The lowest BCUT2D eigenvalue weighted by molar-refractivity contribution is 0.262. The highest BCUT2D eigenvalue weighted by molar-refractivity contribution is 6.00. The van der Waals surface area contributed by atoms with Crippen LogP contribution in [-0.2, 0) is 6.54 Å². The minimum atomic E-state index is -0.720. The van der Waals surface area contributed by atoms with Gasteiger partial charge in [0.15, 0.2) is 0 Å². The van der Waals surface area contributed by atoms with E-state index in [4.69, 9.17) is 5.73 Å². The van der Waals surface area contributed by atoms with Crippen molar-refractivity contribution in [3.63, 3.8) is 0 Å². The van der Waals surface area contributed by atoms with E-state index in [2.05, 4.69) is 31.8 Å². The molecule has 11 nitrogen and oxygen atoms in total. The molecule has 0 aliphatic rings. The molecule has 0 bridgehead atoms. The molecular weight excluding hydrogens is 525 g/mol. The Hall–Kier alpha value is -5.57. The van der Waals surface area contributed by atoms with Gasteiger partial charge < -0.3 is 11.1 Å². The number of carbonyl (C=O) groups excluding carboxylic acids is 1. The quantitative estimate of drug-likeness (QED) is 0.267. The van der Waals surface area contributed by atoms with Crippen molar-refractivity contribution in [2.75, 3.05) is 16.4 Å². The van der Waals surface area contributed by atoms with Crippen LogP contribution in [-0.4, -0.2) is 30.3 Å². The first-order chi connectivity index (χ1) is 19.7. The molecule has 0 saturated heterocycles. The second-order valence-corrected chi connectivity index (χ2v) is 9.57. The van der Waals surface area contributed by atoms with Gasteiger partial charge in [0.25, 0.3) is 5.56 Å². The maximum Gasteiger partial charge on any atom is 0.324 e. The molecule has 5 rings (SSSR count). The van der Waals surface area contributed by atoms with Crippen molar-refractivity contribution in [3.8, 4) is 22.9 Å². The number of rotatable bonds is 6. The van der Waals surface area contributed by atoms with Crippen LogP contribution in [0.25, 0.3) is 27.8 Å². The standard InChI is InChI=1S/C29H26FN9O2/c1-4-38-26-19(15-33-28(32)36-26)11-21(27(38)40)18-8-9-22(30)24(12-18)34-29(41)35-25-13-23(16(2)3)37-39(25)20-7-5-6-17(10-20)14-31/h5-13,15-16H,4H2,1-3H3,(H2,32,33,36)(H2,34,35,41). The Kier molecular flexibility index (Phi) is 7.18. The van der Waals surface area contributed by atoms with Crippen LogP contribution in [0.3, 0.4) is 0 Å². The van der Waals surface area contributed by atoms with E-state index in [-0.39, 0.29) is 28.7 Å². The number of nitrogens with zero attached hydrogens (tertiary/aromatic N) is 6. The van der Waals surface area contributed by atoms with E-state index in [0.29, 0.717) is 45.9 Å². The first-order valence-corrected chi connectivity index (χ1v) is 12.8. The van der Waals surface area contributed by atoms with E-state index >= 15 is 0 Å². The van der Waals surface area contributed by atoms with Gasteiger partial charge in [-0.3, -0.25) is 14.7 Å². The van der Waals surface area contributed by atoms with Crippen molar-refractivity contribution in [3.05, 3.63) is 88.2 Å². The molecule has 41 heavy (non-hydrogen) atoms. The summed E-state index contributed by atoms with van der Waals surface area (Å²) in [4.78, 5) is 34.6. The second kappa shape index (κ2) is 10.9. The minimum absolute atomic E-state index is 0.0470. The van der Waals surface area contributed by atoms with Crippen molar-refractivity contribution >= 4 is 34.5 Å². The van der Waals surface area contributed by atoms with Gasteiger partial charge in [0.1, 0.15) is 17.3 Å². The summed E-state index contributed by atoms with van der Waals surface area (Å²) < 4.78 is 17.8. The van der Waals surface area contributed by atoms with E-state index in [0.717, 1.165) is 0 Å². The van der Waals surface area contributed by atoms with Gasteiger partial charge in [-0.05, 0) is 54.8 Å². The Morgan fingerprint density at radius 1 is 1.15 bits per heavy atom. The van der Waals surface area contributed by atoms with Gasteiger partial charge in [0.2, 0.25) is 5.95 Å². The summed E-state index contributed by atoms with van der Waals surface area (Å²) in [6.07, 6.45) is 1.52. The number of anilines is 3. The molecule has 0 saturated carbocycles. The third-order valence-corrected chi connectivity index (χ3v) is 6.47. The number of halogens is 1. The number of benzene rings is 2. The van der Waals surface area contributed by atoms with Crippen LogP contribution >= 0.6 is 0 Å². The molecule has 0 fully saturated rings. The fourth-order valence-corrected chi connectivity index (χ4v) is 4.41. The molecule has 0 unspecified atom stereocenters. The van der Waals surface area contributed by atoms with Crippen molar-refractivity contribution < 1.29 is 9.18 Å². The van der Waals surface area contributed by atoms with Crippen molar-refractivity contribution in [1.29, 1.82) is 5.26 Å². The van der Waals surface area contributed by atoms with Gasteiger partial charge in [-0.1, -0.05) is 26.0 Å². The Bertz CT molecular complexity index is 1900. The first kappa shape index (κ1) is 27.0. The third-order valence-electron chi connectivity index (χ3n) is 6.47. The van der Waals surface area contributed by atoms with Crippen LogP contribution in [0, 0.1) is 17.1 Å². The number of fused-ring (bicyclic) bond motifs is 1. The Morgan fingerprint density at radius 3 is 2.68 bits per heavy atom. The van der Waals surface area contributed by atoms with Crippen LogP contribution in [0.5, 0.6) is 0 Å². The Morgan fingerprint density at radius 2 is 1.95 bits per heavy atom. The predicted octanol–water partition coefficient (Wildman–Crippen LogP) is 5.02. The molecule has 0 aliphatic heterocycles. The van der Waals surface area contributed by atoms with E-state index in [9.17, 15) is 19.2 Å². The highest BCUT2D eigenvalue weighted by Crippen LogP contribution is 2.27. The van der Waals surface area contributed by atoms with E-state index in [1.54, 1.807) is 43.3 Å². The lowest BCUT2D eigenvalue weighted by Gasteiger charge is -2.13. The highest BCUT2D eigenvalue weighted by Gasteiger charge is 2.18. The zero-order valence-electron chi connectivity index (χ0n) is 22.5. The molecule has 0 radical (unpaired) electrons. The van der Waals surface area contributed by atoms with Crippen LogP contribution in [0.15, 0.2) is 65.6 Å². The fourth-order valence-electron chi connectivity index (χ4n) is 4.41. The molecule has 206 valence electrons. The largest absolute Gasteiger partial charge is 0.368 e. The number of aryl methyl sites for hydroxylation is 1. The number of pyridine rings is 1. The number of aromatic nitrogens is 5. The summed E-state index contributed by atoms with van der Waals surface area (Å²) >= 11 is 0. The molecule has 12 heteroatoms.